The van der Waals surface area contributed by atoms with E-state index >= 15 is 0 Å². The van der Waals surface area contributed by atoms with Crippen LogP contribution >= 0.6 is 11.3 Å². The zero-order valence-corrected chi connectivity index (χ0v) is 13.8. The van der Waals surface area contributed by atoms with Crippen molar-refractivity contribution in [1.82, 2.24) is 14.9 Å². The van der Waals surface area contributed by atoms with Gasteiger partial charge in [0.15, 0.2) is 0 Å². The lowest BCUT2D eigenvalue weighted by atomic mass is 10.5. The fourth-order valence-corrected chi connectivity index (χ4v) is 3.89. The second-order valence-electron chi connectivity index (χ2n) is 4.47. The number of hydrogen-bond acceptors (Lipinski definition) is 6. The van der Waals surface area contributed by atoms with Gasteiger partial charge in [-0.2, -0.15) is 0 Å². The van der Waals surface area contributed by atoms with Crippen LogP contribution in [0.2, 0.25) is 0 Å². The Morgan fingerprint density at radius 1 is 1.40 bits per heavy atom. The summed E-state index contributed by atoms with van der Waals surface area (Å²) in [6.07, 6.45) is 0. The van der Waals surface area contributed by atoms with Gasteiger partial charge in [0, 0.05) is 43.5 Å². The van der Waals surface area contributed by atoms with Crippen molar-refractivity contribution in [2.45, 2.75) is 11.4 Å². The van der Waals surface area contributed by atoms with Crippen LogP contribution in [0.25, 0.3) is 0 Å². The van der Waals surface area contributed by atoms with E-state index in [2.05, 4.69) is 10.0 Å². The highest BCUT2D eigenvalue weighted by Gasteiger charge is 2.15. The highest BCUT2D eigenvalue weighted by Crippen LogP contribution is 2.18. The van der Waals surface area contributed by atoms with Crippen molar-refractivity contribution in [3.05, 3.63) is 16.3 Å². The Hall–Kier alpha value is -0.510. The topological polar surface area (TPSA) is 70.7 Å². The van der Waals surface area contributed by atoms with Gasteiger partial charge in [0.05, 0.1) is 11.5 Å². The third-order valence-electron chi connectivity index (χ3n) is 2.75. The van der Waals surface area contributed by atoms with Gasteiger partial charge in [-0.1, -0.05) is 0 Å². The van der Waals surface area contributed by atoms with Gasteiger partial charge in [0.25, 0.3) is 0 Å². The highest BCUT2D eigenvalue weighted by molar-refractivity contribution is 7.89. The lowest BCUT2D eigenvalue weighted by Gasteiger charge is -2.15. The Balaban J connectivity index is 2.44. The molecule has 0 unspecified atom stereocenters. The van der Waals surface area contributed by atoms with Gasteiger partial charge in [0.2, 0.25) is 10.0 Å². The summed E-state index contributed by atoms with van der Waals surface area (Å²) in [6.45, 7) is 3.14. The minimum atomic E-state index is -3.40. The predicted molar refractivity (Wildman–Crippen MR) is 81.6 cm³/mol. The highest BCUT2D eigenvalue weighted by atomic mass is 32.2. The molecular weight excluding hydrogens is 298 g/mol. The summed E-state index contributed by atoms with van der Waals surface area (Å²) in [4.78, 5) is 3.36. The molecule has 20 heavy (non-hydrogen) atoms. The monoisotopic (exact) mass is 321 g/mol. The van der Waals surface area contributed by atoms with E-state index in [-0.39, 0.29) is 0 Å². The van der Waals surface area contributed by atoms with Gasteiger partial charge in [0.1, 0.15) is 0 Å². The van der Waals surface area contributed by atoms with E-state index < -0.39 is 10.0 Å². The maximum atomic E-state index is 12.1. The number of methoxy groups -OCH3 is 1. The molecule has 0 aromatic carbocycles. The molecule has 0 radical (unpaired) electrons. The van der Waals surface area contributed by atoms with Crippen LogP contribution in [0, 0.1) is 0 Å². The molecule has 0 saturated heterocycles. The van der Waals surface area contributed by atoms with Gasteiger partial charge >= 0.3 is 0 Å². The first-order valence-corrected chi connectivity index (χ1v) is 8.75. The van der Waals surface area contributed by atoms with Crippen LogP contribution in [-0.4, -0.2) is 60.8 Å². The Labute approximate surface area is 125 Å². The number of likely N-dealkylation sites (N-methyl/N-ethyl adjacent to an activating group) is 1. The van der Waals surface area contributed by atoms with E-state index in [1.807, 2.05) is 19.0 Å². The Morgan fingerprint density at radius 3 is 2.80 bits per heavy atom. The molecule has 1 rings (SSSR count). The Morgan fingerprint density at radius 2 is 2.15 bits per heavy atom. The van der Waals surface area contributed by atoms with E-state index in [1.54, 1.807) is 18.6 Å². The van der Waals surface area contributed by atoms with E-state index in [0.717, 1.165) is 11.4 Å². The van der Waals surface area contributed by atoms with E-state index in [9.17, 15) is 8.42 Å². The van der Waals surface area contributed by atoms with Crippen molar-refractivity contribution >= 4 is 21.4 Å². The average molecular weight is 321 g/mol. The van der Waals surface area contributed by atoms with E-state index in [1.165, 1.54) is 11.3 Å². The van der Waals surface area contributed by atoms with Gasteiger partial charge in [-0.05, 0) is 20.2 Å². The van der Waals surface area contributed by atoms with Crippen LogP contribution < -0.4 is 10.0 Å². The lowest BCUT2D eigenvalue weighted by molar-refractivity contribution is 0.162. The third-order valence-corrected chi connectivity index (χ3v) is 5.28. The second kappa shape index (κ2) is 8.71. The minimum Gasteiger partial charge on any atom is -0.383 e. The largest absolute Gasteiger partial charge is 0.383 e. The van der Waals surface area contributed by atoms with Crippen molar-refractivity contribution < 1.29 is 13.2 Å². The molecule has 0 amide bonds. The first-order chi connectivity index (χ1) is 9.49. The first-order valence-electron chi connectivity index (χ1n) is 6.38. The summed E-state index contributed by atoms with van der Waals surface area (Å²) in [6, 6.07) is 1.71. The number of nitrogens with one attached hydrogen (secondary N) is 2. The summed E-state index contributed by atoms with van der Waals surface area (Å²) in [7, 11) is 2.02. The quantitative estimate of drug-likeness (QED) is 0.650. The van der Waals surface area contributed by atoms with Crippen LogP contribution in [0.1, 0.15) is 4.88 Å². The standard InChI is InChI=1S/C12H23N3O3S2/c1-13-9-11-8-12(10-19-11)20(16,17)14-4-5-15(2)6-7-18-3/h8,10,13-14H,4-7,9H2,1-3H3. The molecule has 0 aliphatic rings. The summed E-state index contributed by atoms with van der Waals surface area (Å²) in [5.74, 6) is 0. The number of sulfonamides is 1. The van der Waals surface area contributed by atoms with E-state index in [0.29, 0.717) is 31.1 Å². The molecule has 0 spiro atoms. The fourth-order valence-electron chi connectivity index (χ4n) is 1.58. The summed E-state index contributed by atoms with van der Waals surface area (Å²) in [5, 5.41) is 4.67. The van der Waals surface area contributed by atoms with Crippen molar-refractivity contribution in [2.24, 2.45) is 0 Å². The van der Waals surface area contributed by atoms with Gasteiger partial charge in [-0.15, -0.1) is 11.3 Å². The molecule has 0 saturated carbocycles. The van der Waals surface area contributed by atoms with Crippen LogP contribution in [0.4, 0.5) is 0 Å². The molecule has 6 nitrogen and oxygen atoms in total. The minimum absolute atomic E-state index is 0.340. The molecule has 116 valence electrons. The molecule has 1 heterocycles. The SMILES string of the molecule is CNCc1cc(S(=O)(=O)NCCN(C)CCOC)cs1. The third kappa shape index (κ3) is 5.86. The molecule has 0 atom stereocenters. The normalized spacial score (nSPS) is 12.2. The number of hydrogen-bond donors (Lipinski definition) is 2. The molecule has 8 heteroatoms. The summed E-state index contributed by atoms with van der Waals surface area (Å²) in [5.41, 5.74) is 0. The molecular formula is C12H23N3O3S2. The Kier molecular flexibility index (Phi) is 7.63. The number of ether oxygens (including phenoxy) is 1. The summed E-state index contributed by atoms with van der Waals surface area (Å²) >= 11 is 1.44. The molecule has 0 bridgehead atoms. The molecule has 0 fully saturated rings. The molecule has 1 aromatic heterocycles. The Bertz CT molecular complexity index is 488. The number of nitrogens with zero attached hydrogens (tertiary/aromatic N) is 1. The number of thiophene rings is 1. The van der Waals surface area contributed by atoms with Crippen molar-refractivity contribution in [3.63, 3.8) is 0 Å². The smallest absolute Gasteiger partial charge is 0.241 e. The van der Waals surface area contributed by atoms with Crippen LogP contribution in [0.15, 0.2) is 16.3 Å². The second-order valence-corrected chi connectivity index (χ2v) is 7.24. The van der Waals surface area contributed by atoms with E-state index in [4.69, 9.17) is 4.74 Å². The summed E-state index contributed by atoms with van der Waals surface area (Å²) < 4.78 is 31.7. The van der Waals surface area contributed by atoms with Crippen molar-refractivity contribution in [1.29, 1.82) is 0 Å². The average Bonchev–Trinajstić information content (AvgIpc) is 2.86. The van der Waals surface area contributed by atoms with Crippen molar-refractivity contribution in [2.75, 3.05) is 47.4 Å². The van der Waals surface area contributed by atoms with Gasteiger partial charge in [-0.3, -0.25) is 0 Å². The van der Waals surface area contributed by atoms with Gasteiger partial charge < -0.3 is 15.0 Å². The maximum absolute atomic E-state index is 12.1. The van der Waals surface area contributed by atoms with Crippen molar-refractivity contribution in [3.8, 4) is 0 Å². The van der Waals surface area contributed by atoms with Crippen LogP contribution in [0.3, 0.4) is 0 Å². The molecule has 1 aromatic rings. The van der Waals surface area contributed by atoms with Gasteiger partial charge in [-0.25, -0.2) is 13.1 Å². The van der Waals surface area contributed by atoms with Crippen LogP contribution in [-0.2, 0) is 21.3 Å². The lowest BCUT2D eigenvalue weighted by Crippen LogP contribution is -2.34. The fraction of sp³-hybridized carbons (Fsp3) is 0.667. The number of rotatable bonds is 10. The molecule has 2 N–H and O–H groups in total. The zero-order valence-electron chi connectivity index (χ0n) is 12.2. The molecule has 0 aliphatic heterocycles. The predicted octanol–water partition coefficient (Wildman–Crippen LogP) is 0.324. The maximum Gasteiger partial charge on any atom is 0.241 e. The first kappa shape index (κ1) is 17.5. The zero-order chi connectivity index (χ0) is 15.0. The molecule has 0 aliphatic carbocycles. The van der Waals surface area contributed by atoms with Crippen LogP contribution in [0.5, 0.6) is 0 Å².